The lowest BCUT2D eigenvalue weighted by Crippen LogP contribution is -2.36. The fourth-order valence-corrected chi connectivity index (χ4v) is 3.31. The third kappa shape index (κ3) is 3.46. The van der Waals surface area contributed by atoms with Crippen LogP contribution in [0.2, 0.25) is 0 Å². The molecule has 2 atom stereocenters. The van der Waals surface area contributed by atoms with Gasteiger partial charge in [-0.3, -0.25) is 4.79 Å². The van der Waals surface area contributed by atoms with Crippen molar-refractivity contribution in [3.8, 4) is 0 Å². The number of fused-ring (bicyclic) bond motifs is 1. The minimum Gasteiger partial charge on any atom is -0.381 e. The van der Waals surface area contributed by atoms with E-state index in [2.05, 4.69) is 10.3 Å². The number of amides is 1. The van der Waals surface area contributed by atoms with Gasteiger partial charge in [-0.2, -0.15) is 0 Å². The summed E-state index contributed by atoms with van der Waals surface area (Å²) in [5.41, 5.74) is 2.76. The molecule has 26 heavy (non-hydrogen) atoms. The lowest BCUT2D eigenvalue weighted by molar-refractivity contribution is -0.125. The maximum atomic E-state index is 13.3. The summed E-state index contributed by atoms with van der Waals surface area (Å²) in [6, 6.07) is 13.8. The molecular weight excluding hydrogens is 333 g/mol. The highest BCUT2D eigenvalue weighted by Crippen LogP contribution is 2.21. The predicted molar refractivity (Wildman–Crippen MR) is 95.9 cm³/mol. The van der Waals surface area contributed by atoms with E-state index in [-0.39, 0.29) is 23.7 Å². The van der Waals surface area contributed by atoms with Crippen LogP contribution in [0, 0.1) is 11.7 Å². The van der Waals surface area contributed by atoms with Crippen LogP contribution in [-0.4, -0.2) is 28.7 Å². The molecule has 2 heterocycles. The van der Waals surface area contributed by atoms with Crippen molar-refractivity contribution in [3.05, 3.63) is 66.2 Å². The van der Waals surface area contributed by atoms with Crippen LogP contribution in [0.1, 0.15) is 18.0 Å². The maximum absolute atomic E-state index is 13.3. The molecule has 1 saturated heterocycles. The molecule has 0 unspecified atom stereocenters. The molecule has 0 bridgehead atoms. The Hall–Kier alpha value is -2.73. The van der Waals surface area contributed by atoms with E-state index in [0.717, 1.165) is 23.0 Å². The van der Waals surface area contributed by atoms with Gasteiger partial charge in [0.15, 0.2) is 0 Å². The quantitative estimate of drug-likeness (QED) is 0.767. The van der Waals surface area contributed by atoms with Crippen LogP contribution < -0.4 is 5.32 Å². The van der Waals surface area contributed by atoms with E-state index in [0.29, 0.717) is 19.8 Å². The molecule has 2 aromatic carbocycles. The highest BCUT2D eigenvalue weighted by atomic mass is 19.1. The Morgan fingerprint density at radius 1 is 1.27 bits per heavy atom. The van der Waals surface area contributed by atoms with Crippen molar-refractivity contribution in [2.45, 2.75) is 19.0 Å². The Bertz CT molecular complexity index is 901. The average Bonchev–Trinajstić information content (AvgIpc) is 3.32. The molecule has 0 spiro atoms. The topological polar surface area (TPSA) is 56.2 Å². The number of ether oxygens (including phenoxy) is 1. The van der Waals surface area contributed by atoms with Gasteiger partial charge in [-0.1, -0.05) is 24.3 Å². The largest absolute Gasteiger partial charge is 0.381 e. The van der Waals surface area contributed by atoms with Crippen LogP contribution in [-0.2, 0) is 16.1 Å². The highest BCUT2D eigenvalue weighted by molar-refractivity contribution is 5.79. The third-order valence-corrected chi connectivity index (χ3v) is 4.80. The number of carbonyl (C=O) groups excluding carboxylic acids is 1. The Morgan fingerprint density at radius 3 is 2.85 bits per heavy atom. The molecule has 1 aliphatic heterocycles. The Balaban J connectivity index is 1.61. The number of hydrogen-bond acceptors (Lipinski definition) is 3. The van der Waals surface area contributed by atoms with Crippen LogP contribution in [0.25, 0.3) is 11.0 Å². The molecule has 6 heteroatoms. The van der Waals surface area contributed by atoms with Gasteiger partial charge in [0, 0.05) is 13.2 Å². The zero-order chi connectivity index (χ0) is 17.9. The maximum Gasteiger partial charge on any atom is 0.226 e. The summed E-state index contributed by atoms with van der Waals surface area (Å²) in [5.74, 6) is -0.449. The first-order chi connectivity index (χ1) is 12.7. The van der Waals surface area contributed by atoms with E-state index in [1.165, 1.54) is 12.1 Å². The van der Waals surface area contributed by atoms with Crippen LogP contribution in [0.5, 0.6) is 0 Å². The summed E-state index contributed by atoms with van der Waals surface area (Å²) >= 11 is 0. The summed E-state index contributed by atoms with van der Waals surface area (Å²) in [5, 5.41) is 3.11. The van der Waals surface area contributed by atoms with Gasteiger partial charge >= 0.3 is 0 Å². The van der Waals surface area contributed by atoms with E-state index < -0.39 is 0 Å². The van der Waals surface area contributed by atoms with Gasteiger partial charge in [0.25, 0.3) is 0 Å². The molecule has 1 aromatic heterocycles. The Kier molecular flexibility index (Phi) is 4.67. The number of imidazole rings is 1. The molecule has 1 N–H and O–H groups in total. The highest BCUT2D eigenvalue weighted by Gasteiger charge is 2.26. The molecule has 1 fully saturated rings. The van der Waals surface area contributed by atoms with E-state index in [1.54, 1.807) is 18.5 Å². The average molecular weight is 353 g/mol. The number of nitrogens with one attached hydrogen (secondary N) is 1. The van der Waals surface area contributed by atoms with Crippen molar-refractivity contribution in [2.24, 2.45) is 5.92 Å². The van der Waals surface area contributed by atoms with Gasteiger partial charge in [-0.25, -0.2) is 9.37 Å². The van der Waals surface area contributed by atoms with Gasteiger partial charge in [0.1, 0.15) is 5.82 Å². The third-order valence-electron chi connectivity index (χ3n) is 4.80. The smallest absolute Gasteiger partial charge is 0.226 e. The van der Waals surface area contributed by atoms with Crippen molar-refractivity contribution in [1.82, 2.24) is 14.9 Å². The molecule has 0 aliphatic carbocycles. The normalized spacial score (nSPS) is 18.1. The molecule has 1 amide bonds. The molecule has 4 rings (SSSR count). The van der Waals surface area contributed by atoms with Gasteiger partial charge in [0.2, 0.25) is 5.91 Å². The standard InChI is InChI=1S/C20H20FN3O2/c21-16-7-5-14(6-8-16)18(23-20(25)15-9-10-26-12-15)11-24-13-22-17-3-1-2-4-19(17)24/h1-8,13,15,18H,9-12H2,(H,23,25)/t15-,18+/m1/s1. The van der Waals surface area contributed by atoms with Crippen LogP contribution >= 0.6 is 0 Å². The predicted octanol–water partition coefficient (Wildman–Crippen LogP) is 3.07. The minimum atomic E-state index is -0.295. The second kappa shape index (κ2) is 7.25. The summed E-state index contributed by atoms with van der Waals surface area (Å²) < 4.78 is 20.7. The van der Waals surface area contributed by atoms with Crippen molar-refractivity contribution in [1.29, 1.82) is 0 Å². The molecule has 134 valence electrons. The minimum absolute atomic E-state index is 0.0266. The van der Waals surface area contributed by atoms with Gasteiger partial charge in [0.05, 0.1) is 35.9 Å². The molecule has 1 aliphatic rings. The Labute approximate surface area is 150 Å². The molecule has 0 saturated carbocycles. The van der Waals surface area contributed by atoms with Gasteiger partial charge in [-0.05, 0) is 36.2 Å². The van der Waals surface area contributed by atoms with Gasteiger partial charge in [-0.15, -0.1) is 0 Å². The molecular formula is C20H20FN3O2. The second-order valence-corrected chi connectivity index (χ2v) is 6.56. The fourth-order valence-electron chi connectivity index (χ4n) is 3.31. The van der Waals surface area contributed by atoms with Crippen molar-refractivity contribution < 1.29 is 13.9 Å². The van der Waals surface area contributed by atoms with Crippen molar-refractivity contribution in [3.63, 3.8) is 0 Å². The number of nitrogens with zero attached hydrogens (tertiary/aromatic N) is 2. The van der Waals surface area contributed by atoms with Crippen molar-refractivity contribution >= 4 is 16.9 Å². The SMILES string of the molecule is O=C(N[C@@H](Cn1cnc2ccccc21)c1ccc(F)cc1)[C@@H]1CCOC1. The molecule has 3 aromatic rings. The number of hydrogen-bond donors (Lipinski definition) is 1. The summed E-state index contributed by atoms with van der Waals surface area (Å²) in [6.07, 6.45) is 2.50. The summed E-state index contributed by atoms with van der Waals surface area (Å²) in [6.45, 7) is 1.59. The molecule has 5 nitrogen and oxygen atoms in total. The zero-order valence-electron chi connectivity index (χ0n) is 14.3. The van der Waals surface area contributed by atoms with E-state index in [1.807, 2.05) is 28.8 Å². The first-order valence-electron chi connectivity index (χ1n) is 8.74. The lowest BCUT2D eigenvalue weighted by atomic mass is 10.0. The first kappa shape index (κ1) is 16.7. The number of benzene rings is 2. The fraction of sp³-hybridized carbons (Fsp3) is 0.300. The number of aromatic nitrogens is 2. The number of para-hydroxylation sites is 2. The van der Waals surface area contributed by atoms with E-state index >= 15 is 0 Å². The number of carbonyl (C=O) groups is 1. The lowest BCUT2D eigenvalue weighted by Gasteiger charge is -2.22. The monoisotopic (exact) mass is 353 g/mol. The van der Waals surface area contributed by atoms with Crippen LogP contribution in [0.15, 0.2) is 54.9 Å². The van der Waals surface area contributed by atoms with E-state index in [9.17, 15) is 9.18 Å². The second-order valence-electron chi connectivity index (χ2n) is 6.56. The van der Waals surface area contributed by atoms with Crippen LogP contribution in [0.3, 0.4) is 0 Å². The van der Waals surface area contributed by atoms with E-state index in [4.69, 9.17) is 4.74 Å². The Morgan fingerprint density at radius 2 is 2.08 bits per heavy atom. The van der Waals surface area contributed by atoms with Gasteiger partial charge < -0.3 is 14.6 Å². The van der Waals surface area contributed by atoms with Crippen LogP contribution in [0.4, 0.5) is 4.39 Å². The number of halogens is 1. The summed E-state index contributed by atoms with van der Waals surface area (Å²) in [7, 11) is 0. The molecule has 0 radical (unpaired) electrons. The summed E-state index contributed by atoms with van der Waals surface area (Å²) in [4.78, 5) is 17.0. The first-order valence-corrected chi connectivity index (χ1v) is 8.74. The zero-order valence-corrected chi connectivity index (χ0v) is 14.3. The van der Waals surface area contributed by atoms with Crippen molar-refractivity contribution in [2.75, 3.05) is 13.2 Å². The number of rotatable bonds is 5.